The maximum atomic E-state index is 11.3. The highest BCUT2D eigenvalue weighted by atomic mass is 32.1. The smallest absolute Gasteiger partial charge is 0.269 e. The summed E-state index contributed by atoms with van der Waals surface area (Å²) < 4.78 is 0. The Bertz CT molecular complexity index is 460. The Balaban J connectivity index is 2.99. The van der Waals surface area contributed by atoms with E-state index in [0.29, 0.717) is 5.69 Å². The number of nitrogens with two attached hydrogens (primary N) is 1. The predicted octanol–water partition coefficient (Wildman–Crippen LogP) is 0.696. The molecule has 0 heterocycles. The highest BCUT2D eigenvalue weighted by molar-refractivity contribution is 7.80. The third kappa shape index (κ3) is 3.38. The number of carbonyl (C=O) groups excluding carboxylic acids is 1. The molecule has 1 aromatic carbocycles. The van der Waals surface area contributed by atoms with Crippen molar-refractivity contribution < 1.29 is 9.72 Å². The third-order valence-electron chi connectivity index (χ3n) is 1.86. The number of hydrogen-bond acceptors (Lipinski definition) is 4. The Morgan fingerprint density at radius 1 is 1.47 bits per heavy atom. The molecule has 0 radical (unpaired) electrons. The predicted molar refractivity (Wildman–Crippen MR) is 66.2 cm³/mol. The van der Waals surface area contributed by atoms with E-state index in [0.717, 1.165) is 5.01 Å². The first-order valence-corrected chi connectivity index (χ1v) is 4.94. The van der Waals surface area contributed by atoms with E-state index in [1.54, 1.807) is 0 Å². The lowest BCUT2D eigenvalue weighted by Crippen LogP contribution is -2.47. The summed E-state index contributed by atoms with van der Waals surface area (Å²) in [7, 11) is 0. The molecule has 90 valence electrons. The first kappa shape index (κ1) is 12.8. The molecule has 0 spiro atoms. The van der Waals surface area contributed by atoms with Gasteiger partial charge in [0.2, 0.25) is 5.91 Å². The van der Waals surface area contributed by atoms with Gasteiger partial charge in [-0.2, -0.15) is 0 Å². The van der Waals surface area contributed by atoms with Gasteiger partial charge >= 0.3 is 0 Å². The Morgan fingerprint density at radius 3 is 2.35 bits per heavy atom. The van der Waals surface area contributed by atoms with Crippen LogP contribution in [-0.2, 0) is 4.79 Å². The number of benzene rings is 1. The van der Waals surface area contributed by atoms with E-state index in [1.165, 1.54) is 31.2 Å². The van der Waals surface area contributed by atoms with Gasteiger partial charge in [-0.15, -0.1) is 0 Å². The molecule has 8 heteroatoms. The SMILES string of the molecule is CC(=O)N(NC(N)=S)c1ccc([N+](=O)[O-])cc1. The number of non-ortho nitro benzene ring substituents is 1. The standard InChI is InChI=1S/C9H10N4O3S/c1-6(14)12(11-9(10)17)7-2-4-8(5-3-7)13(15)16/h2-5H,1H3,(H3,10,11,17). The molecule has 1 amide bonds. The highest BCUT2D eigenvalue weighted by Gasteiger charge is 2.13. The number of thiocarbonyl (C=S) groups is 1. The number of nitro benzene ring substituents is 1. The zero-order chi connectivity index (χ0) is 13.0. The highest BCUT2D eigenvalue weighted by Crippen LogP contribution is 2.18. The molecule has 1 aromatic rings. The van der Waals surface area contributed by atoms with Gasteiger partial charge in [0.15, 0.2) is 5.11 Å². The van der Waals surface area contributed by atoms with Crippen molar-refractivity contribution in [3.05, 3.63) is 34.4 Å². The second-order valence-electron chi connectivity index (χ2n) is 3.10. The molecule has 3 N–H and O–H groups in total. The normalized spacial score (nSPS) is 9.47. The molecule has 0 aliphatic heterocycles. The minimum atomic E-state index is -0.525. The van der Waals surface area contributed by atoms with Crippen LogP contribution in [0, 0.1) is 10.1 Å². The maximum absolute atomic E-state index is 11.3. The second kappa shape index (κ2) is 5.21. The quantitative estimate of drug-likeness (QED) is 0.457. The monoisotopic (exact) mass is 254 g/mol. The van der Waals surface area contributed by atoms with Crippen molar-refractivity contribution in [2.75, 3.05) is 5.01 Å². The molecule has 0 atom stereocenters. The Hall–Kier alpha value is -2.22. The van der Waals surface area contributed by atoms with Crippen molar-refractivity contribution in [2.24, 2.45) is 5.73 Å². The van der Waals surface area contributed by atoms with Crippen molar-refractivity contribution in [3.63, 3.8) is 0 Å². The van der Waals surface area contributed by atoms with Gasteiger partial charge < -0.3 is 5.73 Å². The first-order valence-electron chi connectivity index (χ1n) is 4.53. The number of rotatable bonds is 2. The van der Waals surface area contributed by atoms with Crippen molar-refractivity contribution in [1.82, 2.24) is 5.43 Å². The van der Waals surface area contributed by atoms with Gasteiger partial charge in [-0.05, 0) is 24.4 Å². The van der Waals surface area contributed by atoms with E-state index in [2.05, 4.69) is 17.6 Å². The minimum absolute atomic E-state index is 0.0624. The lowest BCUT2D eigenvalue weighted by Gasteiger charge is -2.21. The zero-order valence-corrected chi connectivity index (χ0v) is 9.73. The van der Waals surface area contributed by atoms with Crippen molar-refractivity contribution in [2.45, 2.75) is 6.92 Å². The van der Waals surface area contributed by atoms with Crippen LogP contribution < -0.4 is 16.2 Å². The van der Waals surface area contributed by atoms with Crippen molar-refractivity contribution >= 4 is 34.6 Å². The summed E-state index contributed by atoms with van der Waals surface area (Å²) in [5.74, 6) is -0.341. The molecular weight excluding hydrogens is 244 g/mol. The Labute approximate surface area is 102 Å². The summed E-state index contributed by atoms with van der Waals surface area (Å²) in [6.45, 7) is 1.31. The van der Waals surface area contributed by atoms with Crippen LogP contribution in [0.1, 0.15) is 6.92 Å². The lowest BCUT2D eigenvalue weighted by molar-refractivity contribution is -0.384. The lowest BCUT2D eigenvalue weighted by atomic mass is 10.3. The van der Waals surface area contributed by atoms with Crippen LogP contribution in [0.15, 0.2) is 24.3 Å². The fourth-order valence-electron chi connectivity index (χ4n) is 1.16. The number of nitrogens with zero attached hydrogens (tertiary/aromatic N) is 2. The fourth-order valence-corrected chi connectivity index (χ4v) is 1.25. The molecule has 0 saturated heterocycles. The molecule has 17 heavy (non-hydrogen) atoms. The number of amides is 1. The van der Waals surface area contributed by atoms with Gasteiger partial charge in [0, 0.05) is 19.1 Å². The average Bonchev–Trinajstić information content (AvgIpc) is 2.25. The van der Waals surface area contributed by atoms with Crippen LogP contribution in [0.4, 0.5) is 11.4 Å². The van der Waals surface area contributed by atoms with Crippen LogP contribution in [0.25, 0.3) is 0 Å². The topological polar surface area (TPSA) is 102 Å². The Kier molecular flexibility index (Phi) is 3.94. The van der Waals surface area contributed by atoms with Gasteiger partial charge in [0.25, 0.3) is 5.69 Å². The second-order valence-corrected chi connectivity index (χ2v) is 3.54. The molecule has 0 saturated carbocycles. The number of nitrogens with one attached hydrogen (secondary N) is 1. The van der Waals surface area contributed by atoms with Crippen LogP contribution in [0.3, 0.4) is 0 Å². The molecule has 0 fully saturated rings. The number of anilines is 1. The average molecular weight is 254 g/mol. The van der Waals surface area contributed by atoms with Gasteiger partial charge in [-0.3, -0.25) is 20.3 Å². The molecule has 0 unspecified atom stereocenters. The number of carbonyl (C=O) groups is 1. The molecular formula is C9H10N4O3S. The van der Waals surface area contributed by atoms with E-state index in [1.807, 2.05) is 0 Å². The summed E-state index contributed by atoms with van der Waals surface area (Å²) in [4.78, 5) is 21.3. The molecule has 1 rings (SSSR count). The molecule has 0 aliphatic rings. The summed E-state index contributed by atoms with van der Waals surface area (Å²) in [6.07, 6.45) is 0. The summed E-state index contributed by atoms with van der Waals surface area (Å²) in [5, 5.41) is 11.5. The molecule has 7 nitrogen and oxygen atoms in total. The van der Waals surface area contributed by atoms with E-state index in [4.69, 9.17) is 5.73 Å². The van der Waals surface area contributed by atoms with Crippen LogP contribution >= 0.6 is 12.2 Å². The molecule has 0 bridgehead atoms. The Morgan fingerprint density at radius 2 is 2.00 bits per heavy atom. The van der Waals surface area contributed by atoms with Gasteiger partial charge in [0.05, 0.1) is 10.6 Å². The van der Waals surface area contributed by atoms with Crippen molar-refractivity contribution in [1.29, 1.82) is 0 Å². The van der Waals surface area contributed by atoms with Gasteiger partial charge in [-0.1, -0.05) is 0 Å². The zero-order valence-electron chi connectivity index (χ0n) is 8.91. The minimum Gasteiger partial charge on any atom is -0.375 e. The molecule has 0 aromatic heterocycles. The summed E-state index contributed by atoms with van der Waals surface area (Å²) in [5.41, 5.74) is 8.08. The van der Waals surface area contributed by atoms with Gasteiger partial charge in [0.1, 0.15) is 0 Å². The van der Waals surface area contributed by atoms with Crippen LogP contribution in [0.5, 0.6) is 0 Å². The largest absolute Gasteiger partial charge is 0.375 e. The van der Waals surface area contributed by atoms with Crippen LogP contribution in [0.2, 0.25) is 0 Å². The van der Waals surface area contributed by atoms with Gasteiger partial charge in [-0.25, -0.2) is 5.01 Å². The fraction of sp³-hybridized carbons (Fsp3) is 0.111. The van der Waals surface area contributed by atoms with E-state index in [-0.39, 0.29) is 16.7 Å². The summed E-state index contributed by atoms with van der Waals surface area (Å²) in [6, 6.07) is 5.41. The van der Waals surface area contributed by atoms with E-state index >= 15 is 0 Å². The van der Waals surface area contributed by atoms with Crippen LogP contribution in [-0.4, -0.2) is 15.9 Å². The number of hydrogen-bond donors (Lipinski definition) is 2. The summed E-state index contributed by atoms with van der Waals surface area (Å²) >= 11 is 4.62. The van der Waals surface area contributed by atoms with E-state index in [9.17, 15) is 14.9 Å². The maximum Gasteiger partial charge on any atom is 0.269 e. The van der Waals surface area contributed by atoms with E-state index < -0.39 is 4.92 Å². The molecule has 0 aliphatic carbocycles. The first-order chi connectivity index (χ1) is 7.91. The number of nitro groups is 1. The third-order valence-corrected chi connectivity index (χ3v) is 1.95. The van der Waals surface area contributed by atoms with Crippen molar-refractivity contribution in [3.8, 4) is 0 Å². The number of hydrazine groups is 1.